The van der Waals surface area contributed by atoms with Gasteiger partial charge in [0.25, 0.3) is 11.5 Å². The number of aromatic nitrogens is 4. The molecule has 12 nitrogen and oxygen atoms in total. The molecule has 0 radical (unpaired) electrons. The van der Waals surface area contributed by atoms with Gasteiger partial charge in [0.1, 0.15) is 41.0 Å². The number of pyridine rings is 1. The number of nitrogens with zero attached hydrogens (tertiary/aromatic N) is 4. The molecule has 0 spiro atoms. The van der Waals surface area contributed by atoms with E-state index >= 15 is 8.78 Å². The van der Waals surface area contributed by atoms with Gasteiger partial charge in [0, 0.05) is 68.4 Å². The number of alkyl halides is 3. The van der Waals surface area contributed by atoms with Crippen molar-refractivity contribution in [2.45, 2.75) is 63.9 Å². The van der Waals surface area contributed by atoms with E-state index in [0.29, 0.717) is 55.1 Å². The summed E-state index contributed by atoms with van der Waals surface area (Å²) in [5.74, 6) is -5.14. The largest absolute Gasteiger partial charge is 0.461 e. The number of ether oxygens (including phenoxy) is 2. The van der Waals surface area contributed by atoms with Crippen LogP contribution in [-0.2, 0) is 34.8 Å². The molecule has 0 saturated carbocycles. The Bertz CT molecular complexity index is 2030. The number of benzene rings is 1. The first kappa shape index (κ1) is 36.2. The van der Waals surface area contributed by atoms with Crippen molar-refractivity contribution in [1.82, 2.24) is 23.8 Å². The molecular weight excluding hydrogens is 671 g/mol. The molecule has 1 amide bonds. The Morgan fingerprint density at radius 1 is 1.08 bits per heavy atom. The summed E-state index contributed by atoms with van der Waals surface area (Å²) in [7, 11) is 2.87. The highest BCUT2D eigenvalue weighted by atomic mass is 19.4. The number of fused-ring (bicyclic) bond motifs is 1. The second-order valence-electron chi connectivity index (χ2n) is 12.0. The lowest BCUT2D eigenvalue weighted by atomic mass is 10.0. The van der Waals surface area contributed by atoms with Gasteiger partial charge in [-0.15, -0.1) is 0 Å². The van der Waals surface area contributed by atoms with Gasteiger partial charge in [-0.2, -0.15) is 13.2 Å². The van der Waals surface area contributed by atoms with Gasteiger partial charge >= 0.3 is 17.8 Å². The van der Waals surface area contributed by atoms with E-state index in [1.807, 2.05) is 5.32 Å². The summed E-state index contributed by atoms with van der Waals surface area (Å²) in [5.41, 5.74) is -1.05. The molecule has 1 aliphatic rings. The first-order chi connectivity index (χ1) is 23.6. The second-order valence-corrected chi connectivity index (χ2v) is 12.0. The zero-order valence-corrected chi connectivity index (χ0v) is 27.6. The predicted molar refractivity (Wildman–Crippen MR) is 171 cm³/mol. The topological polar surface area (TPSA) is 138 Å². The maximum absolute atomic E-state index is 15.2. The minimum Gasteiger partial charge on any atom is -0.461 e. The van der Waals surface area contributed by atoms with E-state index in [2.05, 4.69) is 10.3 Å². The number of anilines is 1. The zero-order valence-electron chi connectivity index (χ0n) is 27.6. The van der Waals surface area contributed by atoms with Crippen molar-refractivity contribution in [2.24, 2.45) is 14.1 Å². The van der Waals surface area contributed by atoms with Gasteiger partial charge in [-0.25, -0.2) is 23.4 Å². The molecule has 1 saturated heterocycles. The average Bonchev–Trinajstić information content (AvgIpc) is 3.56. The van der Waals surface area contributed by atoms with Crippen LogP contribution >= 0.6 is 0 Å². The molecule has 1 fully saturated rings. The van der Waals surface area contributed by atoms with Crippen molar-refractivity contribution >= 4 is 23.2 Å². The van der Waals surface area contributed by atoms with E-state index in [4.69, 9.17) is 9.47 Å². The van der Waals surface area contributed by atoms with Crippen molar-refractivity contribution in [3.05, 3.63) is 86.1 Å². The van der Waals surface area contributed by atoms with Gasteiger partial charge in [0.15, 0.2) is 0 Å². The van der Waals surface area contributed by atoms with Crippen LogP contribution in [0.2, 0.25) is 0 Å². The summed E-state index contributed by atoms with van der Waals surface area (Å²) in [6.07, 6.45) is -2.16. The maximum atomic E-state index is 15.2. The molecule has 268 valence electrons. The average molecular weight is 707 g/mol. The Kier molecular flexibility index (Phi) is 10.5. The lowest BCUT2D eigenvalue weighted by molar-refractivity contribution is -0.155. The number of halogens is 5. The van der Waals surface area contributed by atoms with Gasteiger partial charge < -0.3 is 29.1 Å². The molecule has 0 aliphatic carbocycles. The standard InChI is InChI=1S/C33H35F5N6O6/c1-5-25(33(36,37)38)40-18-14-22(34)27(23(35)15-18)29(45)41-24(31(47)50-20-8-12-49-13-9-20)16-19-6-7-21(28-39-10-11-44(19)28)26-17(2)42(3)32(48)43(4)30(26)46/h6-7,10-11,14-15,20,24-25,40H,5,8-9,12-13,16H2,1-4H3,(H,41,45)/t24-,25+/m0/s1. The lowest BCUT2D eigenvalue weighted by Gasteiger charge is -2.26. The number of hydrogen-bond donors (Lipinski definition) is 2. The van der Waals surface area contributed by atoms with Crippen molar-refractivity contribution in [3.8, 4) is 11.1 Å². The van der Waals surface area contributed by atoms with Crippen molar-refractivity contribution in [2.75, 3.05) is 18.5 Å². The summed E-state index contributed by atoms with van der Waals surface area (Å²) in [6.45, 7) is 3.53. The fraction of sp³-hybridized carbons (Fsp3) is 0.424. The lowest BCUT2D eigenvalue weighted by Crippen LogP contribution is -2.45. The van der Waals surface area contributed by atoms with Crippen LogP contribution in [0.25, 0.3) is 16.8 Å². The summed E-state index contributed by atoms with van der Waals surface area (Å²) < 4.78 is 84.9. The number of hydrogen-bond acceptors (Lipinski definition) is 8. The van der Waals surface area contributed by atoms with Crippen LogP contribution in [0.4, 0.5) is 27.6 Å². The monoisotopic (exact) mass is 706 g/mol. The van der Waals surface area contributed by atoms with Crippen LogP contribution in [0.1, 0.15) is 47.9 Å². The Morgan fingerprint density at radius 3 is 2.36 bits per heavy atom. The molecule has 4 aromatic rings. The molecule has 3 aromatic heterocycles. The normalized spacial score (nSPS) is 15.1. The number of imidazole rings is 1. The third-order valence-electron chi connectivity index (χ3n) is 8.73. The highest BCUT2D eigenvalue weighted by Gasteiger charge is 2.38. The molecular formula is C33H35F5N6O6. The number of carbonyl (C=O) groups is 2. The van der Waals surface area contributed by atoms with E-state index in [1.165, 1.54) is 31.8 Å². The van der Waals surface area contributed by atoms with Crippen LogP contribution in [0, 0.1) is 18.6 Å². The number of esters is 1. The Labute approximate surface area is 281 Å². The van der Waals surface area contributed by atoms with Crippen LogP contribution in [0.15, 0.2) is 46.2 Å². The molecule has 2 N–H and O–H groups in total. The molecule has 50 heavy (non-hydrogen) atoms. The maximum Gasteiger partial charge on any atom is 0.408 e. The molecule has 0 unspecified atom stereocenters. The Morgan fingerprint density at radius 2 is 1.74 bits per heavy atom. The second kappa shape index (κ2) is 14.4. The SMILES string of the molecule is CC[C@@H](Nc1cc(F)c(C(=O)N[C@@H](Cc2ccc(-c3c(C)n(C)c(=O)n(C)c3=O)c3nccn23)C(=O)OC2CCOCC2)c(F)c1)C(F)(F)F. The van der Waals surface area contributed by atoms with Crippen molar-refractivity contribution in [3.63, 3.8) is 0 Å². The van der Waals surface area contributed by atoms with Gasteiger partial charge in [-0.3, -0.25) is 14.2 Å². The van der Waals surface area contributed by atoms with Crippen molar-refractivity contribution in [1.29, 1.82) is 0 Å². The highest BCUT2D eigenvalue weighted by Crippen LogP contribution is 2.28. The highest BCUT2D eigenvalue weighted by molar-refractivity contribution is 5.97. The first-order valence-corrected chi connectivity index (χ1v) is 15.8. The van der Waals surface area contributed by atoms with Gasteiger partial charge in [-0.05, 0) is 37.6 Å². The number of rotatable bonds is 10. The molecule has 17 heteroatoms. The van der Waals surface area contributed by atoms with Crippen molar-refractivity contribution < 1.29 is 41.0 Å². The van der Waals surface area contributed by atoms with Gasteiger partial charge in [0.2, 0.25) is 0 Å². The third kappa shape index (κ3) is 7.27. The summed E-state index contributed by atoms with van der Waals surface area (Å²) in [4.78, 5) is 56.9. The third-order valence-corrected chi connectivity index (χ3v) is 8.73. The van der Waals surface area contributed by atoms with E-state index < -0.39 is 76.8 Å². The van der Waals surface area contributed by atoms with Crippen LogP contribution in [0.5, 0.6) is 0 Å². The molecule has 2 atom stereocenters. The number of nitrogens with one attached hydrogen (secondary N) is 2. The Hall–Kier alpha value is -5.06. The summed E-state index contributed by atoms with van der Waals surface area (Å²) >= 11 is 0. The molecule has 1 aliphatic heterocycles. The van der Waals surface area contributed by atoms with Gasteiger partial charge in [-0.1, -0.05) is 6.92 Å². The smallest absolute Gasteiger partial charge is 0.408 e. The minimum absolute atomic E-state index is 0.213. The van der Waals surface area contributed by atoms with Crippen LogP contribution in [0.3, 0.4) is 0 Å². The zero-order chi connectivity index (χ0) is 36.5. The molecule has 4 heterocycles. The summed E-state index contributed by atoms with van der Waals surface area (Å²) in [6, 6.07) is 0.700. The fourth-order valence-electron chi connectivity index (χ4n) is 5.85. The molecule has 1 aromatic carbocycles. The van der Waals surface area contributed by atoms with Gasteiger partial charge in [0.05, 0.1) is 18.8 Å². The van der Waals surface area contributed by atoms with Crippen LogP contribution in [-0.4, -0.2) is 68.0 Å². The molecule has 5 rings (SSSR count). The molecule has 0 bridgehead atoms. The Balaban J connectivity index is 1.49. The van der Waals surface area contributed by atoms with E-state index in [-0.39, 0.29) is 17.6 Å². The quantitative estimate of drug-likeness (QED) is 0.188. The minimum atomic E-state index is -4.69. The van der Waals surface area contributed by atoms with Crippen LogP contribution < -0.4 is 21.9 Å². The van der Waals surface area contributed by atoms with E-state index in [9.17, 15) is 32.3 Å². The predicted octanol–water partition coefficient (Wildman–Crippen LogP) is 3.80. The fourth-order valence-corrected chi connectivity index (χ4v) is 5.85. The number of carbonyl (C=O) groups excluding carboxylic acids is 2. The van der Waals surface area contributed by atoms with E-state index in [0.717, 1.165) is 4.57 Å². The van der Waals surface area contributed by atoms with E-state index in [1.54, 1.807) is 29.7 Å². The number of amides is 1. The summed E-state index contributed by atoms with van der Waals surface area (Å²) in [5, 5.41) is 4.37. The first-order valence-electron chi connectivity index (χ1n) is 15.8.